The molecule has 108 valence electrons. The second-order valence-corrected chi connectivity index (χ2v) is 5.42. The SMILES string of the molecule is CCOC(C)(C)CNCc1cnn(-c2ccccc2)c1. The zero-order chi connectivity index (χ0) is 14.4. The Kier molecular flexibility index (Phi) is 4.93. The Morgan fingerprint density at radius 1 is 1.25 bits per heavy atom. The van der Waals surface area contributed by atoms with Gasteiger partial charge < -0.3 is 10.1 Å². The number of ether oxygens (including phenoxy) is 1. The number of hydrogen-bond acceptors (Lipinski definition) is 3. The first kappa shape index (κ1) is 14.8. The third-order valence-corrected chi connectivity index (χ3v) is 3.07. The van der Waals surface area contributed by atoms with Crippen molar-refractivity contribution in [2.45, 2.75) is 32.9 Å². The third kappa shape index (κ3) is 4.18. The van der Waals surface area contributed by atoms with Crippen molar-refractivity contribution in [2.24, 2.45) is 0 Å². The third-order valence-electron chi connectivity index (χ3n) is 3.07. The number of aromatic nitrogens is 2. The zero-order valence-corrected chi connectivity index (χ0v) is 12.5. The van der Waals surface area contributed by atoms with E-state index in [2.05, 4.69) is 30.5 Å². The Labute approximate surface area is 120 Å². The molecule has 4 nitrogen and oxygen atoms in total. The van der Waals surface area contributed by atoms with Gasteiger partial charge in [0.2, 0.25) is 0 Å². The largest absolute Gasteiger partial charge is 0.375 e. The van der Waals surface area contributed by atoms with Crippen molar-refractivity contribution in [3.63, 3.8) is 0 Å². The summed E-state index contributed by atoms with van der Waals surface area (Å²) in [5.74, 6) is 0. The zero-order valence-electron chi connectivity index (χ0n) is 12.5. The first-order valence-electron chi connectivity index (χ1n) is 7.04. The monoisotopic (exact) mass is 273 g/mol. The quantitative estimate of drug-likeness (QED) is 0.843. The smallest absolute Gasteiger partial charge is 0.0750 e. The number of para-hydroxylation sites is 1. The summed E-state index contributed by atoms with van der Waals surface area (Å²) < 4.78 is 7.55. The van der Waals surface area contributed by atoms with Gasteiger partial charge in [0.25, 0.3) is 0 Å². The van der Waals surface area contributed by atoms with Crippen LogP contribution in [0, 0.1) is 0 Å². The molecular formula is C16H23N3O. The summed E-state index contributed by atoms with van der Waals surface area (Å²) in [6.45, 7) is 8.56. The van der Waals surface area contributed by atoms with Gasteiger partial charge in [0, 0.05) is 31.5 Å². The van der Waals surface area contributed by atoms with E-state index in [0.717, 1.165) is 25.4 Å². The highest BCUT2D eigenvalue weighted by molar-refractivity contribution is 5.30. The van der Waals surface area contributed by atoms with E-state index >= 15 is 0 Å². The number of hydrogen-bond donors (Lipinski definition) is 1. The van der Waals surface area contributed by atoms with Gasteiger partial charge in [-0.3, -0.25) is 0 Å². The van der Waals surface area contributed by atoms with E-state index in [-0.39, 0.29) is 5.60 Å². The summed E-state index contributed by atoms with van der Waals surface area (Å²) in [5.41, 5.74) is 2.11. The topological polar surface area (TPSA) is 39.1 Å². The maximum Gasteiger partial charge on any atom is 0.0750 e. The van der Waals surface area contributed by atoms with Crippen LogP contribution in [0.2, 0.25) is 0 Å². The van der Waals surface area contributed by atoms with Crippen LogP contribution in [0.4, 0.5) is 0 Å². The molecule has 0 atom stereocenters. The van der Waals surface area contributed by atoms with Crippen LogP contribution < -0.4 is 5.32 Å². The molecule has 20 heavy (non-hydrogen) atoms. The molecule has 1 N–H and O–H groups in total. The molecule has 0 aliphatic rings. The lowest BCUT2D eigenvalue weighted by molar-refractivity contribution is -0.00897. The van der Waals surface area contributed by atoms with Crippen molar-refractivity contribution >= 4 is 0 Å². The summed E-state index contributed by atoms with van der Waals surface area (Å²) in [5, 5.41) is 7.80. The van der Waals surface area contributed by atoms with Gasteiger partial charge in [-0.25, -0.2) is 4.68 Å². The molecule has 4 heteroatoms. The van der Waals surface area contributed by atoms with Crippen LogP contribution in [-0.2, 0) is 11.3 Å². The van der Waals surface area contributed by atoms with E-state index in [4.69, 9.17) is 4.74 Å². The number of rotatable bonds is 7. The van der Waals surface area contributed by atoms with Crippen LogP contribution in [-0.4, -0.2) is 28.5 Å². The molecule has 0 unspecified atom stereocenters. The molecule has 2 rings (SSSR count). The lowest BCUT2D eigenvalue weighted by Gasteiger charge is -2.24. The predicted octanol–water partition coefficient (Wildman–Crippen LogP) is 2.78. The van der Waals surface area contributed by atoms with Crippen LogP contribution in [0.25, 0.3) is 5.69 Å². The number of nitrogens with zero attached hydrogens (tertiary/aromatic N) is 2. The van der Waals surface area contributed by atoms with Gasteiger partial charge in [0.1, 0.15) is 0 Å². The van der Waals surface area contributed by atoms with Crippen LogP contribution >= 0.6 is 0 Å². The minimum atomic E-state index is -0.135. The van der Waals surface area contributed by atoms with Crippen LogP contribution in [0.15, 0.2) is 42.7 Å². The molecule has 0 amide bonds. The van der Waals surface area contributed by atoms with Crippen LogP contribution in [0.1, 0.15) is 26.3 Å². The molecule has 0 spiro atoms. The molecule has 0 aliphatic heterocycles. The van der Waals surface area contributed by atoms with E-state index < -0.39 is 0 Å². The maximum absolute atomic E-state index is 5.66. The van der Waals surface area contributed by atoms with Crippen molar-refractivity contribution in [2.75, 3.05) is 13.2 Å². The van der Waals surface area contributed by atoms with Gasteiger partial charge in [-0.05, 0) is 32.9 Å². The molecule has 0 saturated heterocycles. The van der Waals surface area contributed by atoms with E-state index in [0.29, 0.717) is 0 Å². The van der Waals surface area contributed by atoms with Crippen LogP contribution in [0.5, 0.6) is 0 Å². The summed E-state index contributed by atoms with van der Waals surface area (Å²) in [6, 6.07) is 10.1. The minimum absolute atomic E-state index is 0.135. The molecule has 1 aromatic heterocycles. The van der Waals surface area contributed by atoms with E-state index in [1.807, 2.05) is 48.1 Å². The lowest BCUT2D eigenvalue weighted by Crippen LogP contribution is -2.37. The summed E-state index contributed by atoms with van der Waals surface area (Å²) >= 11 is 0. The summed E-state index contributed by atoms with van der Waals surface area (Å²) in [4.78, 5) is 0. The van der Waals surface area contributed by atoms with Crippen molar-refractivity contribution in [1.82, 2.24) is 15.1 Å². The molecule has 0 radical (unpaired) electrons. The molecule has 1 aromatic carbocycles. The van der Waals surface area contributed by atoms with Gasteiger partial charge in [-0.15, -0.1) is 0 Å². The molecular weight excluding hydrogens is 250 g/mol. The Hall–Kier alpha value is -1.65. The minimum Gasteiger partial charge on any atom is -0.375 e. The summed E-state index contributed by atoms with van der Waals surface area (Å²) in [7, 11) is 0. The standard InChI is InChI=1S/C16H23N3O/c1-4-20-16(2,3)13-17-10-14-11-18-19(12-14)15-8-6-5-7-9-15/h5-9,11-12,17H,4,10,13H2,1-3H3. The predicted molar refractivity (Wildman–Crippen MR) is 81.0 cm³/mol. The van der Waals surface area contributed by atoms with Gasteiger partial charge in [-0.1, -0.05) is 18.2 Å². The van der Waals surface area contributed by atoms with E-state index in [1.165, 1.54) is 5.56 Å². The molecule has 0 saturated carbocycles. The van der Waals surface area contributed by atoms with Crippen molar-refractivity contribution in [3.05, 3.63) is 48.3 Å². The van der Waals surface area contributed by atoms with Crippen molar-refractivity contribution < 1.29 is 4.74 Å². The van der Waals surface area contributed by atoms with Gasteiger partial charge in [0.15, 0.2) is 0 Å². The molecule has 1 heterocycles. The lowest BCUT2D eigenvalue weighted by atomic mass is 10.1. The number of benzene rings is 1. The van der Waals surface area contributed by atoms with Gasteiger partial charge in [0.05, 0.1) is 17.5 Å². The highest BCUT2D eigenvalue weighted by atomic mass is 16.5. The van der Waals surface area contributed by atoms with E-state index in [9.17, 15) is 0 Å². The van der Waals surface area contributed by atoms with Crippen molar-refractivity contribution in [1.29, 1.82) is 0 Å². The maximum atomic E-state index is 5.66. The summed E-state index contributed by atoms with van der Waals surface area (Å²) in [6.07, 6.45) is 3.95. The highest BCUT2D eigenvalue weighted by Crippen LogP contribution is 2.09. The average molecular weight is 273 g/mol. The fourth-order valence-electron chi connectivity index (χ4n) is 2.12. The normalized spacial score (nSPS) is 11.8. The Morgan fingerprint density at radius 3 is 2.70 bits per heavy atom. The van der Waals surface area contributed by atoms with Crippen LogP contribution in [0.3, 0.4) is 0 Å². The van der Waals surface area contributed by atoms with Gasteiger partial charge >= 0.3 is 0 Å². The second-order valence-electron chi connectivity index (χ2n) is 5.42. The molecule has 0 fully saturated rings. The fraction of sp³-hybridized carbons (Fsp3) is 0.438. The number of nitrogens with one attached hydrogen (secondary N) is 1. The first-order valence-corrected chi connectivity index (χ1v) is 7.04. The first-order chi connectivity index (χ1) is 9.61. The van der Waals surface area contributed by atoms with Gasteiger partial charge in [-0.2, -0.15) is 5.10 Å². The molecule has 0 bridgehead atoms. The van der Waals surface area contributed by atoms with Crippen molar-refractivity contribution in [3.8, 4) is 5.69 Å². The van der Waals surface area contributed by atoms with E-state index in [1.54, 1.807) is 0 Å². The molecule has 0 aliphatic carbocycles. The molecule has 2 aromatic rings. The highest BCUT2D eigenvalue weighted by Gasteiger charge is 2.16. The second kappa shape index (κ2) is 6.68. The Bertz CT molecular complexity index is 520. The Morgan fingerprint density at radius 2 is 2.00 bits per heavy atom. The average Bonchev–Trinajstić information content (AvgIpc) is 2.88. The Balaban J connectivity index is 1.88. The fourth-order valence-corrected chi connectivity index (χ4v) is 2.12.